The molecule has 1 amide bonds. The maximum atomic E-state index is 11.8. The van der Waals surface area contributed by atoms with Gasteiger partial charge in [0.2, 0.25) is 5.89 Å². The minimum absolute atomic E-state index is 0.265. The van der Waals surface area contributed by atoms with Crippen LogP contribution < -0.4 is 5.48 Å². The Morgan fingerprint density at radius 1 is 0.966 bits per heavy atom. The number of fused-ring (bicyclic) bond motifs is 1. The Hall–Kier alpha value is -3.49. The minimum Gasteiger partial charge on any atom is -0.436 e. The lowest BCUT2D eigenvalue weighted by Gasteiger charge is -2.05. The van der Waals surface area contributed by atoms with Crippen molar-refractivity contribution in [1.82, 2.24) is 10.5 Å². The van der Waals surface area contributed by atoms with Crippen LogP contribution in [0.1, 0.15) is 10.4 Å². The zero-order valence-corrected chi connectivity index (χ0v) is 16.1. The SMILES string of the molecule is CS(=O)(=O)c1cccc(-c2ccc(-c3nc4cc(C(=O)NO)ccc4o3)cc2)c1. The summed E-state index contributed by atoms with van der Waals surface area (Å²) in [7, 11) is -3.28. The Bertz CT molecular complexity index is 1320. The molecule has 7 nitrogen and oxygen atoms in total. The highest BCUT2D eigenvalue weighted by atomic mass is 32.2. The molecule has 0 aliphatic carbocycles. The molecule has 0 aliphatic rings. The van der Waals surface area contributed by atoms with E-state index in [2.05, 4.69) is 4.98 Å². The largest absolute Gasteiger partial charge is 0.436 e. The Morgan fingerprint density at radius 3 is 2.38 bits per heavy atom. The van der Waals surface area contributed by atoms with Gasteiger partial charge in [-0.2, -0.15) is 0 Å². The van der Waals surface area contributed by atoms with Gasteiger partial charge in [0.15, 0.2) is 15.4 Å². The van der Waals surface area contributed by atoms with Crippen molar-refractivity contribution in [1.29, 1.82) is 0 Å². The van der Waals surface area contributed by atoms with Crippen LogP contribution in [-0.2, 0) is 9.84 Å². The fraction of sp³-hybridized carbons (Fsp3) is 0.0476. The van der Waals surface area contributed by atoms with E-state index in [0.29, 0.717) is 17.0 Å². The molecule has 4 rings (SSSR count). The summed E-state index contributed by atoms with van der Waals surface area (Å²) in [6.07, 6.45) is 1.18. The first-order valence-electron chi connectivity index (χ1n) is 8.61. The molecule has 2 N–H and O–H groups in total. The van der Waals surface area contributed by atoms with Gasteiger partial charge >= 0.3 is 0 Å². The zero-order valence-electron chi connectivity index (χ0n) is 15.3. The Balaban J connectivity index is 1.67. The van der Waals surface area contributed by atoms with Crippen molar-refractivity contribution >= 4 is 26.8 Å². The molecule has 0 spiro atoms. The van der Waals surface area contributed by atoms with Gasteiger partial charge < -0.3 is 4.42 Å². The number of amides is 1. The highest BCUT2D eigenvalue weighted by Gasteiger charge is 2.12. The van der Waals surface area contributed by atoms with Gasteiger partial charge in [-0.25, -0.2) is 18.9 Å². The van der Waals surface area contributed by atoms with Gasteiger partial charge in [-0.1, -0.05) is 24.3 Å². The molecule has 29 heavy (non-hydrogen) atoms. The van der Waals surface area contributed by atoms with Crippen LogP contribution in [0.25, 0.3) is 33.7 Å². The van der Waals surface area contributed by atoms with Crippen molar-refractivity contribution in [2.45, 2.75) is 4.90 Å². The van der Waals surface area contributed by atoms with Crippen molar-refractivity contribution in [2.75, 3.05) is 6.26 Å². The van der Waals surface area contributed by atoms with Gasteiger partial charge in [0.05, 0.1) is 4.90 Å². The van der Waals surface area contributed by atoms with Gasteiger partial charge in [-0.05, 0) is 53.6 Å². The number of carbonyl (C=O) groups excluding carboxylic acids is 1. The molecule has 0 atom stereocenters. The summed E-state index contributed by atoms with van der Waals surface area (Å²) >= 11 is 0. The lowest BCUT2D eigenvalue weighted by molar-refractivity contribution is 0.0706. The number of benzene rings is 3. The smallest absolute Gasteiger partial charge is 0.274 e. The third kappa shape index (κ3) is 3.75. The van der Waals surface area contributed by atoms with E-state index in [1.807, 2.05) is 30.3 Å². The molecule has 0 aliphatic heterocycles. The first-order chi connectivity index (χ1) is 13.8. The number of oxazole rings is 1. The number of hydroxylamine groups is 1. The molecule has 4 aromatic rings. The van der Waals surface area contributed by atoms with Gasteiger partial charge in [-0.3, -0.25) is 10.0 Å². The van der Waals surface area contributed by atoms with Crippen molar-refractivity contribution in [3.63, 3.8) is 0 Å². The number of hydrogen-bond donors (Lipinski definition) is 2. The average molecular weight is 408 g/mol. The first kappa shape index (κ1) is 18.9. The first-order valence-corrected chi connectivity index (χ1v) is 10.5. The number of rotatable bonds is 4. The zero-order chi connectivity index (χ0) is 20.6. The van der Waals surface area contributed by atoms with Crippen LogP contribution in [0.2, 0.25) is 0 Å². The Labute approximate surface area is 166 Å². The lowest BCUT2D eigenvalue weighted by Crippen LogP contribution is -2.18. The van der Waals surface area contributed by atoms with Crippen molar-refractivity contribution in [3.05, 3.63) is 72.3 Å². The van der Waals surface area contributed by atoms with Crippen LogP contribution >= 0.6 is 0 Å². The molecule has 8 heteroatoms. The summed E-state index contributed by atoms with van der Waals surface area (Å²) in [6, 6.07) is 18.8. The third-order valence-electron chi connectivity index (χ3n) is 4.48. The summed E-state index contributed by atoms with van der Waals surface area (Å²) in [5, 5.41) is 8.75. The van der Waals surface area contributed by atoms with Crippen LogP contribution in [0.3, 0.4) is 0 Å². The van der Waals surface area contributed by atoms with Gasteiger partial charge in [0.1, 0.15) is 5.52 Å². The van der Waals surface area contributed by atoms with Gasteiger partial charge in [0, 0.05) is 17.4 Å². The van der Waals surface area contributed by atoms with Crippen LogP contribution in [-0.4, -0.2) is 30.8 Å². The summed E-state index contributed by atoms with van der Waals surface area (Å²) in [4.78, 5) is 16.2. The number of nitrogens with one attached hydrogen (secondary N) is 1. The van der Waals surface area contributed by atoms with Crippen molar-refractivity contribution in [2.24, 2.45) is 0 Å². The van der Waals surface area contributed by atoms with Gasteiger partial charge in [0.25, 0.3) is 5.91 Å². The highest BCUT2D eigenvalue weighted by molar-refractivity contribution is 7.90. The highest BCUT2D eigenvalue weighted by Crippen LogP contribution is 2.28. The van der Waals surface area contributed by atoms with Crippen LogP contribution in [0, 0.1) is 0 Å². The van der Waals surface area contributed by atoms with E-state index in [-0.39, 0.29) is 10.5 Å². The molecule has 146 valence electrons. The molecule has 0 radical (unpaired) electrons. The summed E-state index contributed by atoms with van der Waals surface area (Å²) < 4.78 is 29.3. The normalized spacial score (nSPS) is 11.5. The van der Waals surface area contributed by atoms with E-state index in [1.165, 1.54) is 18.4 Å². The minimum atomic E-state index is -3.28. The van der Waals surface area contributed by atoms with Crippen LogP contribution in [0.5, 0.6) is 0 Å². The molecule has 1 aromatic heterocycles. The maximum absolute atomic E-state index is 11.8. The Kier molecular flexibility index (Phi) is 4.65. The third-order valence-corrected chi connectivity index (χ3v) is 5.59. The number of carbonyl (C=O) groups is 1. The summed E-state index contributed by atoms with van der Waals surface area (Å²) in [6.45, 7) is 0. The topological polar surface area (TPSA) is 110 Å². The lowest BCUT2D eigenvalue weighted by atomic mass is 10.0. The van der Waals surface area contributed by atoms with E-state index in [9.17, 15) is 13.2 Å². The molecular formula is C21H16N2O5S. The van der Waals surface area contributed by atoms with E-state index in [4.69, 9.17) is 9.62 Å². The summed E-state index contributed by atoms with van der Waals surface area (Å²) in [5.74, 6) is -0.241. The van der Waals surface area contributed by atoms with Gasteiger partial charge in [-0.15, -0.1) is 0 Å². The second-order valence-corrected chi connectivity index (χ2v) is 8.54. The fourth-order valence-electron chi connectivity index (χ4n) is 2.97. The predicted octanol–water partition coefficient (Wildman–Crippen LogP) is 3.68. The number of hydrogen-bond acceptors (Lipinski definition) is 6. The van der Waals surface area contributed by atoms with Crippen molar-refractivity contribution < 1.29 is 22.8 Å². The maximum Gasteiger partial charge on any atom is 0.274 e. The number of nitrogens with zero attached hydrogens (tertiary/aromatic N) is 1. The number of sulfone groups is 1. The van der Waals surface area contributed by atoms with Crippen LogP contribution in [0.15, 0.2) is 76.0 Å². The average Bonchev–Trinajstić information content (AvgIpc) is 3.16. The van der Waals surface area contributed by atoms with E-state index in [1.54, 1.807) is 29.7 Å². The van der Waals surface area contributed by atoms with E-state index < -0.39 is 15.7 Å². The Morgan fingerprint density at radius 2 is 1.69 bits per heavy atom. The van der Waals surface area contributed by atoms with E-state index >= 15 is 0 Å². The molecule has 0 bridgehead atoms. The fourth-order valence-corrected chi connectivity index (χ4v) is 3.64. The molecule has 0 saturated carbocycles. The van der Waals surface area contributed by atoms with Crippen LogP contribution in [0.4, 0.5) is 0 Å². The molecule has 1 heterocycles. The van der Waals surface area contributed by atoms with Crippen molar-refractivity contribution in [3.8, 4) is 22.6 Å². The standard InChI is InChI=1S/C21H16N2O5S/c1-29(26,27)17-4-2-3-15(11-17)13-5-7-14(8-6-13)21-22-18-12-16(20(24)23-25)9-10-19(18)28-21/h2-12,25H,1H3,(H,23,24). The molecule has 3 aromatic carbocycles. The van der Waals surface area contributed by atoms with E-state index in [0.717, 1.165) is 16.7 Å². The predicted molar refractivity (Wildman–Crippen MR) is 107 cm³/mol. The quantitative estimate of drug-likeness (QED) is 0.394. The summed E-state index contributed by atoms with van der Waals surface area (Å²) in [5.41, 5.74) is 5.24. The second-order valence-electron chi connectivity index (χ2n) is 6.52. The molecule has 0 unspecified atom stereocenters. The number of aromatic nitrogens is 1. The monoisotopic (exact) mass is 408 g/mol. The molecule has 0 fully saturated rings. The molecule has 0 saturated heterocycles. The second kappa shape index (κ2) is 7.16. The molecular weight excluding hydrogens is 392 g/mol.